The van der Waals surface area contributed by atoms with Crippen LogP contribution in [-0.4, -0.2) is 50.1 Å². The van der Waals surface area contributed by atoms with Crippen LogP contribution in [0.25, 0.3) is 0 Å². The van der Waals surface area contributed by atoms with Gasteiger partial charge in [0.05, 0.1) is 31.5 Å². The molecule has 3 rings (SSSR count). The molecular formula is C23H32N4O3. The van der Waals surface area contributed by atoms with Crippen LogP contribution in [0.4, 0.5) is 0 Å². The summed E-state index contributed by atoms with van der Waals surface area (Å²) in [6.45, 7) is 6.26. The Morgan fingerprint density at radius 3 is 2.57 bits per heavy atom. The Bertz CT molecular complexity index is 796. The van der Waals surface area contributed by atoms with E-state index in [9.17, 15) is 4.79 Å². The van der Waals surface area contributed by atoms with Crippen molar-refractivity contribution < 1.29 is 13.9 Å². The number of hydrogen-bond acceptors (Lipinski definition) is 5. The third-order valence-corrected chi connectivity index (χ3v) is 5.30. The van der Waals surface area contributed by atoms with Crippen molar-refractivity contribution in [3.05, 3.63) is 59.5 Å². The topological polar surface area (TPSA) is 79.1 Å². The summed E-state index contributed by atoms with van der Waals surface area (Å²) in [5, 5.41) is 6.79. The number of guanidine groups is 1. The van der Waals surface area contributed by atoms with Crippen molar-refractivity contribution in [2.45, 2.75) is 38.8 Å². The first-order chi connectivity index (χ1) is 14.7. The summed E-state index contributed by atoms with van der Waals surface area (Å²) >= 11 is 0. The lowest BCUT2D eigenvalue weighted by atomic mass is 10.1. The lowest BCUT2D eigenvalue weighted by Gasteiger charge is -2.33. The Labute approximate surface area is 178 Å². The van der Waals surface area contributed by atoms with Gasteiger partial charge in [0, 0.05) is 13.1 Å². The standard InChI is InChI=1S/C23H32N4O3/c1-3-24-23(25-16-18-9-11-19(12-10-18)22(28)29-2)26-17-20(21-8-7-15-30-21)27-13-5-4-6-14-27/h7-12,15,20H,3-6,13-14,16-17H2,1-2H3,(H2,24,25,26). The number of benzene rings is 1. The van der Waals surface area contributed by atoms with Crippen LogP contribution >= 0.6 is 0 Å². The zero-order valence-electron chi connectivity index (χ0n) is 17.9. The van der Waals surface area contributed by atoms with Gasteiger partial charge in [-0.25, -0.2) is 9.79 Å². The molecule has 30 heavy (non-hydrogen) atoms. The van der Waals surface area contributed by atoms with Crippen molar-refractivity contribution in [2.75, 3.05) is 33.3 Å². The van der Waals surface area contributed by atoms with E-state index < -0.39 is 0 Å². The summed E-state index contributed by atoms with van der Waals surface area (Å²) in [6.07, 6.45) is 5.50. The molecule has 0 aliphatic carbocycles. The van der Waals surface area contributed by atoms with E-state index in [0.29, 0.717) is 12.1 Å². The number of nitrogens with one attached hydrogen (secondary N) is 2. The Hall–Kier alpha value is -2.80. The molecular weight excluding hydrogens is 380 g/mol. The molecule has 1 saturated heterocycles. The summed E-state index contributed by atoms with van der Waals surface area (Å²) < 4.78 is 10.5. The number of hydrogen-bond donors (Lipinski definition) is 2. The van der Waals surface area contributed by atoms with Gasteiger partial charge in [0.25, 0.3) is 0 Å². The zero-order valence-corrected chi connectivity index (χ0v) is 17.9. The van der Waals surface area contributed by atoms with E-state index in [1.54, 1.807) is 18.4 Å². The lowest BCUT2D eigenvalue weighted by molar-refractivity contribution is 0.0600. The van der Waals surface area contributed by atoms with Crippen LogP contribution in [0.1, 0.15) is 53.9 Å². The van der Waals surface area contributed by atoms with Crippen LogP contribution in [0, 0.1) is 0 Å². The summed E-state index contributed by atoms with van der Waals surface area (Å²) in [5.74, 6) is 1.42. The molecule has 1 fully saturated rings. The van der Waals surface area contributed by atoms with Crippen LogP contribution in [0.5, 0.6) is 0 Å². The van der Waals surface area contributed by atoms with E-state index in [1.807, 2.05) is 24.3 Å². The summed E-state index contributed by atoms with van der Waals surface area (Å²) in [4.78, 5) is 18.8. The molecule has 162 valence electrons. The Kier molecular flexibility index (Phi) is 8.32. The smallest absolute Gasteiger partial charge is 0.337 e. The molecule has 0 saturated carbocycles. The average Bonchev–Trinajstić information content (AvgIpc) is 3.32. The second kappa shape index (κ2) is 11.4. The fraction of sp³-hybridized carbons (Fsp3) is 0.478. The monoisotopic (exact) mass is 412 g/mol. The minimum absolute atomic E-state index is 0.184. The molecule has 1 aliphatic rings. The highest BCUT2D eigenvalue weighted by Gasteiger charge is 2.24. The number of ether oxygens (including phenoxy) is 1. The Morgan fingerprint density at radius 1 is 1.17 bits per heavy atom. The maximum atomic E-state index is 11.6. The number of methoxy groups -OCH3 is 1. The van der Waals surface area contributed by atoms with Crippen LogP contribution in [0.2, 0.25) is 0 Å². The van der Waals surface area contributed by atoms with Crippen molar-refractivity contribution in [1.82, 2.24) is 15.5 Å². The molecule has 1 aromatic carbocycles. The second-order valence-electron chi connectivity index (χ2n) is 7.39. The minimum Gasteiger partial charge on any atom is -0.468 e. The molecule has 1 aromatic heterocycles. The van der Waals surface area contributed by atoms with Crippen molar-refractivity contribution >= 4 is 11.9 Å². The van der Waals surface area contributed by atoms with Gasteiger partial charge in [0.1, 0.15) is 5.76 Å². The first-order valence-electron chi connectivity index (χ1n) is 10.7. The first-order valence-corrected chi connectivity index (χ1v) is 10.7. The van der Waals surface area contributed by atoms with E-state index in [2.05, 4.69) is 22.5 Å². The van der Waals surface area contributed by atoms with Crippen molar-refractivity contribution in [3.8, 4) is 0 Å². The van der Waals surface area contributed by atoms with Gasteiger partial charge in [-0.3, -0.25) is 4.90 Å². The van der Waals surface area contributed by atoms with Crippen molar-refractivity contribution in [1.29, 1.82) is 0 Å². The number of likely N-dealkylation sites (tertiary alicyclic amines) is 1. The minimum atomic E-state index is -0.332. The largest absolute Gasteiger partial charge is 0.468 e. The van der Waals surface area contributed by atoms with E-state index in [1.165, 1.54) is 26.4 Å². The fourth-order valence-electron chi connectivity index (χ4n) is 3.69. The van der Waals surface area contributed by atoms with Gasteiger partial charge in [0.15, 0.2) is 5.96 Å². The van der Waals surface area contributed by atoms with Gasteiger partial charge in [-0.05, 0) is 62.7 Å². The number of esters is 1. The third-order valence-electron chi connectivity index (χ3n) is 5.30. The van der Waals surface area contributed by atoms with Crippen molar-refractivity contribution in [2.24, 2.45) is 4.99 Å². The fourth-order valence-corrected chi connectivity index (χ4v) is 3.69. The molecule has 0 bridgehead atoms. The zero-order chi connectivity index (χ0) is 21.2. The van der Waals surface area contributed by atoms with Gasteiger partial charge in [-0.15, -0.1) is 0 Å². The normalized spacial score (nSPS) is 16.1. The molecule has 2 heterocycles. The van der Waals surface area contributed by atoms with Gasteiger partial charge < -0.3 is 19.8 Å². The summed E-state index contributed by atoms with van der Waals surface area (Å²) in [7, 11) is 1.38. The van der Waals surface area contributed by atoms with Crippen LogP contribution in [-0.2, 0) is 11.3 Å². The molecule has 7 nitrogen and oxygen atoms in total. The summed E-state index contributed by atoms with van der Waals surface area (Å²) in [6, 6.07) is 11.5. The van der Waals surface area contributed by atoms with Crippen LogP contribution in [0.15, 0.2) is 52.1 Å². The van der Waals surface area contributed by atoms with Gasteiger partial charge in [0.2, 0.25) is 0 Å². The second-order valence-corrected chi connectivity index (χ2v) is 7.39. The van der Waals surface area contributed by atoms with Gasteiger partial charge >= 0.3 is 5.97 Å². The number of nitrogens with zero attached hydrogens (tertiary/aromatic N) is 2. The number of piperidine rings is 1. The summed E-state index contributed by atoms with van der Waals surface area (Å²) in [5.41, 5.74) is 1.57. The molecule has 0 radical (unpaired) electrons. The van der Waals surface area contributed by atoms with E-state index in [4.69, 9.17) is 14.1 Å². The predicted molar refractivity (Wildman–Crippen MR) is 117 cm³/mol. The first kappa shape index (κ1) is 21.9. The highest BCUT2D eigenvalue weighted by Crippen LogP contribution is 2.24. The third kappa shape index (κ3) is 6.10. The van der Waals surface area contributed by atoms with E-state index in [0.717, 1.165) is 43.5 Å². The molecule has 2 N–H and O–H groups in total. The number of furan rings is 1. The SMILES string of the molecule is CCNC(=NCc1ccc(C(=O)OC)cc1)NCC(c1ccco1)N1CCCCC1. The van der Waals surface area contributed by atoms with E-state index in [-0.39, 0.29) is 12.0 Å². The highest BCUT2D eigenvalue weighted by molar-refractivity contribution is 5.89. The van der Waals surface area contributed by atoms with E-state index >= 15 is 0 Å². The predicted octanol–water partition coefficient (Wildman–Crippen LogP) is 3.35. The number of carbonyl (C=O) groups excluding carboxylic acids is 1. The number of aliphatic imine (C=N–C) groups is 1. The maximum absolute atomic E-state index is 11.6. The number of carbonyl (C=O) groups is 1. The van der Waals surface area contributed by atoms with Crippen molar-refractivity contribution in [3.63, 3.8) is 0 Å². The van der Waals surface area contributed by atoms with Crippen LogP contribution < -0.4 is 10.6 Å². The maximum Gasteiger partial charge on any atom is 0.337 e. The van der Waals surface area contributed by atoms with Gasteiger partial charge in [-0.1, -0.05) is 18.6 Å². The quantitative estimate of drug-likeness (QED) is 0.393. The lowest BCUT2D eigenvalue weighted by Crippen LogP contribution is -2.44. The molecule has 7 heteroatoms. The number of rotatable bonds is 8. The molecule has 0 spiro atoms. The Balaban J connectivity index is 1.63. The molecule has 0 amide bonds. The molecule has 1 unspecified atom stereocenters. The highest BCUT2D eigenvalue weighted by atomic mass is 16.5. The molecule has 1 atom stereocenters. The van der Waals surface area contributed by atoms with Gasteiger partial charge in [-0.2, -0.15) is 0 Å². The average molecular weight is 413 g/mol. The Morgan fingerprint density at radius 2 is 1.93 bits per heavy atom. The molecule has 1 aliphatic heterocycles. The molecule has 2 aromatic rings. The van der Waals surface area contributed by atoms with Crippen LogP contribution in [0.3, 0.4) is 0 Å².